The molecule has 1 fully saturated rings. The van der Waals surface area contributed by atoms with Crippen molar-refractivity contribution in [1.29, 1.82) is 0 Å². The van der Waals surface area contributed by atoms with Crippen LogP contribution >= 0.6 is 0 Å². The monoisotopic (exact) mass is 300 g/mol. The third-order valence-corrected chi connectivity index (χ3v) is 4.55. The normalized spacial score (nSPS) is 22.0. The van der Waals surface area contributed by atoms with Gasteiger partial charge in [0.15, 0.2) is 0 Å². The van der Waals surface area contributed by atoms with E-state index >= 15 is 0 Å². The minimum absolute atomic E-state index is 0.0199. The number of amides is 1. The SMILES string of the molecule is CC1(C(=O)O)CCCN(C(=O)Cn2ccc3ccccc32)C1. The largest absolute Gasteiger partial charge is 0.481 e. The van der Waals surface area contributed by atoms with Crippen LogP contribution in [0.3, 0.4) is 0 Å². The summed E-state index contributed by atoms with van der Waals surface area (Å²) in [6, 6.07) is 9.90. The second-order valence-electron chi connectivity index (χ2n) is 6.29. The zero-order valence-electron chi connectivity index (χ0n) is 12.7. The van der Waals surface area contributed by atoms with Crippen LogP contribution in [0, 0.1) is 5.41 Å². The van der Waals surface area contributed by atoms with Crippen LogP contribution in [0.4, 0.5) is 0 Å². The number of carboxylic acids is 1. The van der Waals surface area contributed by atoms with Crippen molar-refractivity contribution in [1.82, 2.24) is 9.47 Å². The highest BCUT2D eigenvalue weighted by Gasteiger charge is 2.39. The zero-order chi connectivity index (χ0) is 15.7. The first-order chi connectivity index (χ1) is 10.5. The number of benzene rings is 1. The second-order valence-corrected chi connectivity index (χ2v) is 6.29. The Bertz CT molecular complexity index is 722. The van der Waals surface area contributed by atoms with Crippen LogP contribution in [0.15, 0.2) is 36.5 Å². The molecule has 2 heterocycles. The van der Waals surface area contributed by atoms with Gasteiger partial charge in [0.2, 0.25) is 5.91 Å². The van der Waals surface area contributed by atoms with Crippen LogP contribution in [0.2, 0.25) is 0 Å². The molecule has 2 aromatic rings. The van der Waals surface area contributed by atoms with Crippen molar-refractivity contribution in [2.75, 3.05) is 13.1 Å². The van der Waals surface area contributed by atoms with E-state index in [2.05, 4.69) is 0 Å². The van der Waals surface area contributed by atoms with Gasteiger partial charge in [-0.25, -0.2) is 0 Å². The van der Waals surface area contributed by atoms with Gasteiger partial charge < -0.3 is 14.6 Å². The number of carbonyl (C=O) groups is 2. The van der Waals surface area contributed by atoms with Gasteiger partial charge in [-0.05, 0) is 37.3 Å². The molecule has 116 valence electrons. The van der Waals surface area contributed by atoms with Crippen molar-refractivity contribution in [3.8, 4) is 0 Å². The Hall–Kier alpha value is -2.30. The van der Waals surface area contributed by atoms with Gasteiger partial charge in [-0.15, -0.1) is 0 Å². The van der Waals surface area contributed by atoms with Crippen LogP contribution in [-0.4, -0.2) is 39.5 Å². The molecule has 0 radical (unpaired) electrons. The number of fused-ring (bicyclic) bond motifs is 1. The second kappa shape index (κ2) is 5.48. The lowest BCUT2D eigenvalue weighted by atomic mass is 9.82. The van der Waals surface area contributed by atoms with E-state index in [0.29, 0.717) is 19.5 Å². The van der Waals surface area contributed by atoms with E-state index in [-0.39, 0.29) is 12.5 Å². The third kappa shape index (κ3) is 2.58. The molecule has 1 saturated heterocycles. The van der Waals surface area contributed by atoms with Gasteiger partial charge in [0.05, 0.1) is 5.41 Å². The first-order valence-corrected chi connectivity index (χ1v) is 7.55. The van der Waals surface area contributed by atoms with Gasteiger partial charge in [0, 0.05) is 24.8 Å². The first-order valence-electron chi connectivity index (χ1n) is 7.55. The Morgan fingerprint density at radius 3 is 2.82 bits per heavy atom. The van der Waals surface area contributed by atoms with Crippen LogP contribution in [0.5, 0.6) is 0 Å². The van der Waals surface area contributed by atoms with E-state index in [9.17, 15) is 14.7 Å². The Labute approximate surface area is 129 Å². The fourth-order valence-electron chi connectivity index (χ4n) is 3.15. The van der Waals surface area contributed by atoms with E-state index in [4.69, 9.17) is 0 Å². The van der Waals surface area contributed by atoms with E-state index in [1.807, 2.05) is 41.1 Å². The number of likely N-dealkylation sites (tertiary alicyclic amines) is 1. The summed E-state index contributed by atoms with van der Waals surface area (Å²) in [6.07, 6.45) is 3.27. The maximum atomic E-state index is 12.5. The van der Waals surface area contributed by atoms with Crippen molar-refractivity contribution in [2.24, 2.45) is 5.41 Å². The number of para-hydroxylation sites is 1. The fraction of sp³-hybridized carbons (Fsp3) is 0.412. The van der Waals surface area contributed by atoms with Crippen LogP contribution in [0.1, 0.15) is 19.8 Å². The van der Waals surface area contributed by atoms with E-state index < -0.39 is 11.4 Å². The predicted octanol–water partition coefficient (Wildman–Crippen LogP) is 2.35. The molecule has 3 rings (SSSR count). The summed E-state index contributed by atoms with van der Waals surface area (Å²) in [7, 11) is 0. The average Bonchev–Trinajstić information content (AvgIpc) is 2.90. The molecule has 1 aliphatic heterocycles. The highest BCUT2D eigenvalue weighted by molar-refractivity contribution is 5.84. The molecule has 0 saturated carbocycles. The molecule has 0 spiro atoms. The number of hydrogen-bond acceptors (Lipinski definition) is 2. The minimum atomic E-state index is -0.827. The molecule has 22 heavy (non-hydrogen) atoms. The number of carboxylic acid groups (broad SMARTS) is 1. The number of nitrogens with zero attached hydrogens (tertiary/aromatic N) is 2. The van der Waals surface area contributed by atoms with Gasteiger partial charge in [-0.2, -0.15) is 0 Å². The molecule has 5 nitrogen and oxygen atoms in total. The molecule has 0 bridgehead atoms. The molecular formula is C17H20N2O3. The summed E-state index contributed by atoms with van der Waals surface area (Å²) in [5, 5.41) is 10.5. The summed E-state index contributed by atoms with van der Waals surface area (Å²) in [6.45, 7) is 2.91. The molecule has 1 unspecified atom stereocenters. The molecule has 1 N–H and O–H groups in total. The fourth-order valence-corrected chi connectivity index (χ4v) is 3.15. The van der Waals surface area contributed by atoms with Gasteiger partial charge in [0.1, 0.15) is 6.54 Å². The number of piperidine rings is 1. The van der Waals surface area contributed by atoms with E-state index in [1.54, 1.807) is 11.8 Å². The van der Waals surface area contributed by atoms with E-state index in [0.717, 1.165) is 17.3 Å². The van der Waals surface area contributed by atoms with Crippen molar-refractivity contribution >= 4 is 22.8 Å². The Balaban J connectivity index is 1.76. The lowest BCUT2D eigenvalue weighted by Crippen LogP contribution is -2.49. The molecule has 1 aromatic heterocycles. The van der Waals surface area contributed by atoms with Crippen LogP contribution < -0.4 is 0 Å². The highest BCUT2D eigenvalue weighted by Crippen LogP contribution is 2.30. The Morgan fingerprint density at radius 2 is 2.05 bits per heavy atom. The van der Waals surface area contributed by atoms with Gasteiger partial charge in [0.25, 0.3) is 0 Å². The third-order valence-electron chi connectivity index (χ3n) is 4.55. The number of hydrogen-bond donors (Lipinski definition) is 1. The summed E-state index contributed by atoms with van der Waals surface area (Å²) in [5.74, 6) is -0.843. The average molecular weight is 300 g/mol. The number of aliphatic carboxylic acids is 1. The summed E-state index contributed by atoms with van der Waals surface area (Å²) in [5.41, 5.74) is 0.195. The Kier molecular flexibility index (Phi) is 3.64. The van der Waals surface area contributed by atoms with Crippen molar-refractivity contribution in [3.05, 3.63) is 36.5 Å². The van der Waals surface area contributed by atoms with E-state index in [1.165, 1.54) is 0 Å². The van der Waals surface area contributed by atoms with Gasteiger partial charge in [-0.3, -0.25) is 9.59 Å². The molecule has 1 atom stereocenters. The first kappa shape index (κ1) is 14.6. The molecular weight excluding hydrogens is 280 g/mol. The molecule has 1 aromatic carbocycles. The zero-order valence-corrected chi connectivity index (χ0v) is 12.7. The van der Waals surface area contributed by atoms with Gasteiger partial charge in [-0.1, -0.05) is 18.2 Å². The van der Waals surface area contributed by atoms with Crippen LogP contribution in [0.25, 0.3) is 10.9 Å². The maximum Gasteiger partial charge on any atom is 0.311 e. The molecule has 1 amide bonds. The lowest BCUT2D eigenvalue weighted by molar-refractivity contribution is -0.153. The lowest BCUT2D eigenvalue weighted by Gasteiger charge is -2.37. The van der Waals surface area contributed by atoms with Crippen molar-refractivity contribution < 1.29 is 14.7 Å². The number of carbonyl (C=O) groups excluding carboxylic acids is 1. The number of aromatic nitrogens is 1. The summed E-state index contributed by atoms with van der Waals surface area (Å²) in [4.78, 5) is 25.6. The summed E-state index contributed by atoms with van der Waals surface area (Å²) < 4.78 is 1.92. The highest BCUT2D eigenvalue weighted by atomic mass is 16.4. The van der Waals surface area contributed by atoms with Crippen LogP contribution in [-0.2, 0) is 16.1 Å². The van der Waals surface area contributed by atoms with Crippen molar-refractivity contribution in [2.45, 2.75) is 26.3 Å². The topological polar surface area (TPSA) is 62.5 Å². The molecule has 1 aliphatic rings. The maximum absolute atomic E-state index is 12.5. The number of rotatable bonds is 3. The van der Waals surface area contributed by atoms with Crippen molar-refractivity contribution in [3.63, 3.8) is 0 Å². The predicted molar refractivity (Wildman–Crippen MR) is 83.5 cm³/mol. The van der Waals surface area contributed by atoms with Gasteiger partial charge >= 0.3 is 5.97 Å². The Morgan fingerprint density at radius 1 is 1.27 bits per heavy atom. The smallest absolute Gasteiger partial charge is 0.311 e. The quantitative estimate of drug-likeness (QED) is 0.946. The molecule has 5 heteroatoms. The standard InChI is InChI=1S/C17H20N2O3/c1-17(16(21)22)8-4-9-19(12-17)15(20)11-18-10-7-13-5-2-3-6-14(13)18/h2-3,5-7,10H,4,8-9,11-12H2,1H3,(H,21,22). The summed E-state index contributed by atoms with van der Waals surface area (Å²) >= 11 is 0. The minimum Gasteiger partial charge on any atom is -0.481 e. The molecule has 0 aliphatic carbocycles.